The lowest BCUT2D eigenvalue weighted by Gasteiger charge is -2.10. The summed E-state index contributed by atoms with van der Waals surface area (Å²) >= 11 is 1.37. The van der Waals surface area contributed by atoms with Crippen LogP contribution in [-0.2, 0) is 17.8 Å². The third-order valence-corrected chi connectivity index (χ3v) is 5.36. The van der Waals surface area contributed by atoms with Crippen LogP contribution in [0.4, 0.5) is 5.69 Å². The van der Waals surface area contributed by atoms with Gasteiger partial charge in [-0.15, -0.1) is 16.8 Å². The topological polar surface area (TPSA) is 59.8 Å². The number of nitrogens with one attached hydrogen (secondary N) is 1. The molecule has 3 aromatic rings. The molecule has 0 bridgehead atoms. The fourth-order valence-corrected chi connectivity index (χ4v) is 3.61. The minimum Gasteiger partial charge on any atom is -0.325 e. The molecule has 1 amide bonds. The predicted molar refractivity (Wildman–Crippen MR) is 116 cm³/mol. The molecule has 0 fully saturated rings. The van der Waals surface area contributed by atoms with E-state index in [1.165, 1.54) is 17.3 Å². The Hall–Kier alpha value is -2.86. The van der Waals surface area contributed by atoms with E-state index in [2.05, 4.69) is 29.0 Å². The van der Waals surface area contributed by atoms with Crippen LogP contribution in [-0.4, -0.2) is 26.4 Å². The Morgan fingerprint density at radius 2 is 1.93 bits per heavy atom. The molecule has 0 unspecified atom stereocenters. The number of hydrogen-bond acceptors (Lipinski definition) is 4. The number of anilines is 1. The number of rotatable bonds is 8. The van der Waals surface area contributed by atoms with Gasteiger partial charge in [-0.05, 0) is 36.6 Å². The van der Waals surface area contributed by atoms with Crippen LogP contribution in [0.5, 0.6) is 0 Å². The molecule has 0 spiro atoms. The molecule has 1 aromatic heterocycles. The Kier molecular flexibility index (Phi) is 6.66. The molecule has 144 valence electrons. The molecule has 0 aliphatic rings. The highest BCUT2D eigenvalue weighted by Crippen LogP contribution is 2.26. The van der Waals surface area contributed by atoms with Gasteiger partial charge < -0.3 is 5.32 Å². The Morgan fingerprint density at radius 3 is 2.61 bits per heavy atom. The summed E-state index contributed by atoms with van der Waals surface area (Å²) in [6, 6.07) is 16.0. The highest BCUT2D eigenvalue weighted by atomic mass is 32.2. The van der Waals surface area contributed by atoms with Gasteiger partial charge >= 0.3 is 0 Å². The highest BCUT2D eigenvalue weighted by molar-refractivity contribution is 7.99. The molecule has 6 heteroatoms. The van der Waals surface area contributed by atoms with Crippen molar-refractivity contribution in [3.63, 3.8) is 0 Å². The third kappa shape index (κ3) is 4.70. The second kappa shape index (κ2) is 9.37. The first-order valence-electron chi connectivity index (χ1n) is 9.24. The molecular formula is C22H24N4OS. The molecular weight excluding hydrogens is 368 g/mol. The number of carbonyl (C=O) groups is 1. The molecule has 0 radical (unpaired) electrons. The van der Waals surface area contributed by atoms with Crippen molar-refractivity contribution in [2.45, 2.75) is 32.0 Å². The van der Waals surface area contributed by atoms with Gasteiger partial charge in [0.2, 0.25) is 5.91 Å². The summed E-state index contributed by atoms with van der Waals surface area (Å²) in [6.45, 7) is 8.57. The zero-order valence-corrected chi connectivity index (χ0v) is 17.0. The maximum Gasteiger partial charge on any atom is 0.234 e. The van der Waals surface area contributed by atoms with E-state index in [1.807, 2.05) is 66.1 Å². The number of allylic oxidation sites excluding steroid dienone is 1. The maximum atomic E-state index is 12.3. The number of thioether (sulfide) groups is 1. The summed E-state index contributed by atoms with van der Waals surface area (Å²) in [5.74, 6) is 0.981. The molecule has 0 saturated heterocycles. The average molecular weight is 393 g/mol. The van der Waals surface area contributed by atoms with Crippen molar-refractivity contribution >= 4 is 23.4 Å². The average Bonchev–Trinajstić information content (AvgIpc) is 3.10. The summed E-state index contributed by atoms with van der Waals surface area (Å²) in [5, 5.41) is 12.3. The second-order valence-corrected chi connectivity index (χ2v) is 7.35. The van der Waals surface area contributed by atoms with Crippen molar-refractivity contribution < 1.29 is 4.79 Å². The van der Waals surface area contributed by atoms with Crippen molar-refractivity contribution in [3.8, 4) is 11.4 Å². The van der Waals surface area contributed by atoms with Gasteiger partial charge in [-0.3, -0.25) is 9.36 Å². The standard InChI is InChI=1S/C22H24N4OS/c1-4-14-26-21(19-9-7-6-8-16(19)3)24-25-22(26)28-15-20(27)23-18-12-10-17(5-2)11-13-18/h4,6-13H,1,5,14-15H2,2-3H3,(H,23,27). The van der Waals surface area contributed by atoms with Gasteiger partial charge in [0.15, 0.2) is 11.0 Å². The molecule has 0 aliphatic heterocycles. The summed E-state index contributed by atoms with van der Waals surface area (Å²) in [6.07, 6.45) is 2.79. The summed E-state index contributed by atoms with van der Waals surface area (Å²) < 4.78 is 1.99. The molecule has 1 N–H and O–H groups in total. The van der Waals surface area contributed by atoms with Gasteiger partial charge in [0.05, 0.1) is 5.75 Å². The number of nitrogens with zero attached hydrogens (tertiary/aromatic N) is 3. The number of carbonyl (C=O) groups excluding carboxylic acids is 1. The van der Waals surface area contributed by atoms with Gasteiger partial charge in [0.1, 0.15) is 0 Å². The SMILES string of the molecule is C=CCn1c(SCC(=O)Nc2ccc(CC)cc2)nnc1-c1ccccc1C. The second-order valence-electron chi connectivity index (χ2n) is 6.41. The van der Waals surface area contributed by atoms with E-state index in [0.29, 0.717) is 11.7 Å². The quantitative estimate of drug-likeness (QED) is 0.445. The first kappa shape index (κ1) is 19.9. The van der Waals surface area contributed by atoms with Gasteiger partial charge in [-0.1, -0.05) is 61.2 Å². The van der Waals surface area contributed by atoms with Crippen LogP contribution in [0.1, 0.15) is 18.1 Å². The van der Waals surface area contributed by atoms with E-state index in [4.69, 9.17) is 0 Å². The van der Waals surface area contributed by atoms with Gasteiger partial charge in [-0.2, -0.15) is 0 Å². The summed E-state index contributed by atoms with van der Waals surface area (Å²) in [4.78, 5) is 12.3. The Labute approximate surface area is 169 Å². The predicted octanol–water partition coefficient (Wildman–Crippen LogP) is 4.73. The summed E-state index contributed by atoms with van der Waals surface area (Å²) in [5.41, 5.74) is 4.21. The van der Waals surface area contributed by atoms with Gasteiger partial charge in [0.25, 0.3) is 0 Å². The molecule has 0 aliphatic carbocycles. The number of aromatic nitrogens is 3. The van der Waals surface area contributed by atoms with Gasteiger partial charge in [-0.25, -0.2) is 0 Å². The zero-order valence-electron chi connectivity index (χ0n) is 16.2. The van der Waals surface area contributed by atoms with Crippen molar-refractivity contribution in [2.24, 2.45) is 0 Å². The van der Waals surface area contributed by atoms with Crippen LogP contribution in [0.3, 0.4) is 0 Å². The van der Waals surface area contributed by atoms with Crippen molar-refractivity contribution in [2.75, 3.05) is 11.1 Å². The van der Waals surface area contributed by atoms with Gasteiger partial charge in [0, 0.05) is 17.8 Å². The molecule has 1 heterocycles. The fourth-order valence-electron chi connectivity index (χ4n) is 2.86. The van der Waals surface area contributed by atoms with Crippen molar-refractivity contribution in [1.29, 1.82) is 0 Å². The molecule has 0 atom stereocenters. The Balaban J connectivity index is 1.70. The molecule has 0 saturated carbocycles. The normalized spacial score (nSPS) is 10.6. The zero-order chi connectivity index (χ0) is 19.9. The van der Waals surface area contributed by atoms with E-state index >= 15 is 0 Å². The van der Waals surface area contributed by atoms with E-state index in [0.717, 1.165) is 29.1 Å². The molecule has 2 aromatic carbocycles. The minimum absolute atomic E-state index is 0.0696. The number of hydrogen-bond donors (Lipinski definition) is 1. The first-order chi connectivity index (χ1) is 13.6. The van der Waals surface area contributed by atoms with Crippen LogP contribution >= 0.6 is 11.8 Å². The number of benzene rings is 2. The van der Waals surface area contributed by atoms with Crippen LogP contribution in [0.15, 0.2) is 66.3 Å². The Morgan fingerprint density at radius 1 is 1.18 bits per heavy atom. The van der Waals surface area contributed by atoms with Crippen LogP contribution in [0.25, 0.3) is 11.4 Å². The highest BCUT2D eigenvalue weighted by Gasteiger charge is 2.16. The lowest BCUT2D eigenvalue weighted by molar-refractivity contribution is -0.113. The fraction of sp³-hybridized carbons (Fsp3) is 0.227. The van der Waals surface area contributed by atoms with Crippen LogP contribution in [0.2, 0.25) is 0 Å². The lowest BCUT2D eigenvalue weighted by Crippen LogP contribution is -2.14. The monoisotopic (exact) mass is 392 g/mol. The van der Waals surface area contributed by atoms with E-state index < -0.39 is 0 Å². The van der Waals surface area contributed by atoms with E-state index in [9.17, 15) is 4.79 Å². The van der Waals surface area contributed by atoms with Crippen molar-refractivity contribution in [3.05, 3.63) is 72.3 Å². The van der Waals surface area contributed by atoms with E-state index in [-0.39, 0.29) is 11.7 Å². The van der Waals surface area contributed by atoms with E-state index in [1.54, 1.807) is 0 Å². The smallest absolute Gasteiger partial charge is 0.234 e. The number of amides is 1. The largest absolute Gasteiger partial charge is 0.325 e. The summed E-state index contributed by atoms with van der Waals surface area (Å²) in [7, 11) is 0. The van der Waals surface area contributed by atoms with Crippen molar-refractivity contribution in [1.82, 2.24) is 14.8 Å². The Bertz CT molecular complexity index is 963. The van der Waals surface area contributed by atoms with Crippen LogP contribution < -0.4 is 5.32 Å². The third-order valence-electron chi connectivity index (χ3n) is 4.39. The molecule has 3 rings (SSSR count). The van der Waals surface area contributed by atoms with Crippen LogP contribution in [0, 0.1) is 6.92 Å². The molecule has 28 heavy (non-hydrogen) atoms. The molecule has 5 nitrogen and oxygen atoms in total. The maximum absolute atomic E-state index is 12.3. The number of aryl methyl sites for hydroxylation is 2. The minimum atomic E-state index is -0.0696. The lowest BCUT2D eigenvalue weighted by atomic mass is 10.1. The first-order valence-corrected chi connectivity index (χ1v) is 10.2.